The molecule has 1 aromatic carbocycles. The molecular weight excluding hydrogens is 322 g/mol. The summed E-state index contributed by atoms with van der Waals surface area (Å²) in [7, 11) is 0. The van der Waals surface area contributed by atoms with Gasteiger partial charge in [-0.1, -0.05) is 30.3 Å². The van der Waals surface area contributed by atoms with Crippen LogP contribution < -0.4 is 5.32 Å². The largest absolute Gasteiger partial charge is 0.461 e. The van der Waals surface area contributed by atoms with Gasteiger partial charge in [0, 0.05) is 11.0 Å². The van der Waals surface area contributed by atoms with Crippen LogP contribution in [0.3, 0.4) is 0 Å². The van der Waals surface area contributed by atoms with Crippen molar-refractivity contribution in [2.75, 3.05) is 0 Å². The van der Waals surface area contributed by atoms with E-state index < -0.39 is 0 Å². The molecule has 2 heterocycles. The second-order valence-corrected chi connectivity index (χ2v) is 6.20. The summed E-state index contributed by atoms with van der Waals surface area (Å²) in [5.74, 6) is -0.00376. The molecule has 0 spiro atoms. The Morgan fingerprint density at radius 3 is 2.62 bits per heavy atom. The molecule has 0 aliphatic heterocycles. The van der Waals surface area contributed by atoms with E-state index >= 15 is 0 Å². The van der Waals surface area contributed by atoms with E-state index in [4.69, 9.17) is 4.42 Å². The number of hydrogen-bond acceptors (Lipinski definition) is 4. The van der Waals surface area contributed by atoms with Crippen LogP contribution in [0.1, 0.15) is 25.9 Å². The minimum Gasteiger partial charge on any atom is -0.461 e. The highest BCUT2D eigenvalue weighted by Crippen LogP contribution is 2.20. The number of ketones is 1. The summed E-state index contributed by atoms with van der Waals surface area (Å²) in [5, 5.41) is 2.81. The van der Waals surface area contributed by atoms with E-state index in [0.29, 0.717) is 17.2 Å². The Kier molecular flexibility index (Phi) is 5.03. The third-order valence-corrected chi connectivity index (χ3v) is 4.38. The monoisotopic (exact) mass is 337 g/mol. The highest BCUT2D eigenvalue weighted by atomic mass is 32.1. The zero-order valence-corrected chi connectivity index (χ0v) is 13.6. The fourth-order valence-corrected chi connectivity index (χ4v) is 2.99. The number of amides is 1. The van der Waals surface area contributed by atoms with Gasteiger partial charge in [-0.05, 0) is 35.9 Å². The number of rotatable bonds is 6. The van der Waals surface area contributed by atoms with Gasteiger partial charge in [-0.2, -0.15) is 0 Å². The third kappa shape index (κ3) is 4.08. The van der Waals surface area contributed by atoms with Crippen LogP contribution in [-0.2, 0) is 11.3 Å². The zero-order chi connectivity index (χ0) is 16.8. The first-order valence-corrected chi connectivity index (χ1v) is 8.22. The van der Waals surface area contributed by atoms with E-state index in [1.807, 2.05) is 36.4 Å². The maximum Gasteiger partial charge on any atom is 0.244 e. The molecule has 0 radical (unpaired) electrons. The lowest BCUT2D eigenvalue weighted by molar-refractivity contribution is -0.116. The van der Waals surface area contributed by atoms with Gasteiger partial charge in [-0.15, -0.1) is 11.3 Å². The van der Waals surface area contributed by atoms with Crippen LogP contribution in [0.4, 0.5) is 0 Å². The van der Waals surface area contributed by atoms with E-state index in [-0.39, 0.29) is 11.7 Å². The second-order valence-electron chi connectivity index (χ2n) is 5.03. The molecule has 5 heteroatoms. The van der Waals surface area contributed by atoms with Crippen molar-refractivity contribution >= 4 is 29.1 Å². The lowest BCUT2D eigenvalue weighted by Crippen LogP contribution is -2.19. The van der Waals surface area contributed by atoms with Crippen molar-refractivity contribution in [1.29, 1.82) is 0 Å². The summed E-state index contributed by atoms with van der Waals surface area (Å²) in [6.07, 6.45) is 4.73. The Hall–Kier alpha value is -2.92. The average Bonchev–Trinajstić information content (AvgIpc) is 3.30. The van der Waals surface area contributed by atoms with Gasteiger partial charge in [0.2, 0.25) is 11.7 Å². The molecule has 1 amide bonds. The molecule has 0 aliphatic carbocycles. The number of benzene rings is 1. The van der Waals surface area contributed by atoms with Crippen molar-refractivity contribution in [1.82, 2.24) is 5.32 Å². The minimum atomic E-state index is -0.175. The maximum absolute atomic E-state index is 12.1. The molecule has 4 nitrogen and oxygen atoms in total. The molecule has 0 saturated carbocycles. The van der Waals surface area contributed by atoms with Crippen LogP contribution in [0.5, 0.6) is 0 Å². The summed E-state index contributed by atoms with van der Waals surface area (Å²) < 4.78 is 5.11. The summed E-state index contributed by atoms with van der Waals surface area (Å²) in [6, 6.07) is 16.5. The summed E-state index contributed by atoms with van der Waals surface area (Å²) in [6.45, 7) is 0.383. The number of carbonyl (C=O) groups excluding carboxylic acids is 2. The minimum absolute atomic E-state index is 0.147. The molecular formula is C19H15NO3S. The van der Waals surface area contributed by atoms with Gasteiger partial charge < -0.3 is 9.73 Å². The molecule has 3 aromatic rings. The van der Waals surface area contributed by atoms with Crippen molar-refractivity contribution in [3.05, 3.63) is 88.0 Å². The van der Waals surface area contributed by atoms with Crippen LogP contribution in [0.2, 0.25) is 0 Å². The average molecular weight is 337 g/mol. The first-order valence-electron chi connectivity index (χ1n) is 7.40. The standard InChI is InChI=1S/C19H15NO3S/c21-18(11-8-14-5-2-1-3-6-14)20-13-15-9-10-17(24-15)19(22)16-7-4-12-23-16/h1-12H,13H2,(H,20,21)/b11-8+. The van der Waals surface area contributed by atoms with Crippen LogP contribution in [0, 0.1) is 0 Å². The van der Waals surface area contributed by atoms with Gasteiger partial charge in [-0.25, -0.2) is 0 Å². The van der Waals surface area contributed by atoms with Gasteiger partial charge in [0.05, 0.1) is 17.7 Å². The van der Waals surface area contributed by atoms with Crippen molar-refractivity contribution in [3.63, 3.8) is 0 Å². The van der Waals surface area contributed by atoms with Crippen LogP contribution in [-0.4, -0.2) is 11.7 Å². The molecule has 2 aromatic heterocycles. The van der Waals surface area contributed by atoms with Crippen molar-refractivity contribution in [2.24, 2.45) is 0 Å². The highest BCUT2D eigenvalue weighted by Gasteiger charge is 2.14. The fourth-order valence-electron chi connectivity index (χ4n) is 2.09. The smallest absolute Gasteiger partial charge is 0.244 e. The number of carbonyl (C=O) groups is 2. The lowest BCUT2D eigenvalue weighted by atomic mass is 10.2. The molecule has 0 unspecified atom stereocenters. The van der Waals surface area contributed by atoms with Crippen molar-refractivity contribution in [3.8, 4) is 0 Å². The molecule has 0 aliphatic rings. The van der Waals surface area contributed by atoms with E-state index in [9.17, 15) is 9.59 Å². The Morgan fingerprint density at radius 1 is 1.04 bits per heavy atom. The highest BCUT2D eigenvalue weighted by molar-refractivity contribution is 7.14. The molecule has 120 valence electrons. The van der Waals surface area contributed by atoms with Gasteiger partial charge in [-0.3, -0.25) is 9.59 Å². The van der Waals surface area contributed by atoms with Crippen LogP contribution in [0.25, 0.3) is 6.08 Å². The van der Waals surface area contributed by atoms with Gasteiger partial charge in [0.15, 0.2) is 5.76 Å². The van der Waals surface area contributed by atoms with Crippen molar-refractivity contribution in [2.45, 2.75) is 6.54 Å². The predicted molar refractivity (Wildman–Crippen MR) is 93.8 cm³/mol. The SMILES string of the molecule is O=C(/C=C/c1ccccc1)NCc1ccc(C(=O)c2ccco2)s1. The quantitative estimate of drug-likeness (QED) is 0.548. The Morgan fingerprint density at radius 2 is 1.88 bits per heavy atom. The molecule has 0 bridgehead atoms. The number of thiophene rings is 1. The van der Waals surface area contributed by atoms with E-state index in [1.165, 1.54) is 23.7 Å². The van der Waals surface area contributed by atoms with Gasteiger partial charge in [0.1, 0.15) is 0 Å². The van der Waals surface area contributed by atoms with E-state index in [1.54, 1.807) is 24.3 Å². The van der Waals surface area contributed by atoms with Gasteiger partial charge >= 0.3 is 0 Å². The number of hydrogen-bond donors (Lipinski definition) is 1. The predicted octanol–water partition coefficient (Wildman–Crippen LogP) is 3.90. The normalized spacial score (nSPS) is 10.8. The third-order valence-electron chi connectivity index (χ3n) is 3.29. The van der Waals surface area contributed by atoms with Crippen LogP contribution in [0.15, 0.2) is 71.4 Å². The molecule has 0 saturated heterocycles. The van der Waals surface area contributed by atoms with Crippen LogP contribution >= 0.6 is 11.3 Å². The molecule has 3 rings (SSSR count). The fraction of sp³-hybridized carbons (Fsp3) is 0.0526. The number of furan rings is 1. The summed E-state index contributed by atoms with van der Waals surface area (Å²) >= 11 is 1.35. The summed E-state index contributed by atoms with van der Waals surface area (Å²) in [4.78, 5) is 25.5. The summed E-state index contributed by atoms with van der Waals surface area (Å²) in [5.41, 5.74) is 0.968. The molecule has 0 atom stereocenters. The molecule has 1 N–H and O–H groups in total. The molecule has 0 fully saturated rings. The molecule has 24 heavy (non-hydrogen) atoms. The first kappa shape index (κ1) is 16.0. The Balaban J connectivity index is 1.55. The van der Waals surface area contributed by atoms with Gasteiger partial charge in [0.25, 0.3) is 0 Å². The number of nitrogens with one attached hydrogen (secondary N) is 1. The second kappa shape index (κ2) is 7.57. The Labute approximate surface area is 143 Å². The topological polar surface area (TPSA) is 59.3 Å². The Bertz CT molecular complexity index is 848. The lowest BCUT2D eigenvalue weighted by Gasteiger charge is -1.99. The maximum atomic E-state index is 12.1. The first-order chi connectivity index (χ1) is 11.7. The van der Waals surface area contributed by atoms with E-state index in [2.05, 4.69) is 5.32 Å². The van der Waals surface area contributed by atoms with Crippen molar-refractivity contribution < 1.29 is 14.0 Å². The zero-order valence-electron chi connectivity index (χ0n) is 12.8. The van der Waals surface area contributed by atoms with E-state index in [0.717, 1.165) is 10.4 Å².